The van der Waals surface area contributed by atoms with Gasteiger partial charge in [-0.2, -0.15) is 13.2 Å². The molecular formula is C13H16F3N3O. The molecule has 110 valence electrons. The molecular weight excluding hydrogens is 271 g/mol. The van der Waals surface area contributed by atoms with Crippen molar-refractivity contribution in [3.63, 3.8) is 0 Å². The Morgan fingerprint density at radius 3 is 2.40 bits per heavy atom. The number of nitrogens with two attached hydrogens (primary N) is 1. The molecule has 0 radical (unpaired) electrons. The molecule has 7 heteroatoms. The molecule has 2 rings (SSSR count). The van der Waals surface area contributed by atoms with Crippen LogP contribution in [-0.2, 0) is 0 Å². The van der Waals surface area contributed by atoms with Crippen LogP contribution in [0.5, 0.6) is 0 Å². The number of amides is 1. The van der Waals surface area contributed by atoms with Crippen LogP contribution in [0, 0.1) is 0 Å². The van der Waals surface area contributed by atoms with Gasteiger partial charge >= 0.3 is 6.18 Å². The van der Waals surface area contributed by atoms with Crippen LogP contribution < -0.4 is 11.1 Å². The van der Waals surface area contributed by atoms with Crippen molar-refractivity contribution in [1.82, 2.24) is 4.90 Å². The number of nitrogen functional groups attached to an aromatic ring is 1. The fourth-order valence-electron chi connectivity index (χ4n) is 1.95. The van der Waals surface area contributed by atoms with Gasteiger partial charge in [-0.15, -0.1) is 0 Å². The number of alkyl halides is 3. The van der Waals surface area contributed by atoms with E-state index in [1.807, 2.05) is 0 Å². The smallest absolute Gasteiger partial charge is 0.399 e. The highest BCUT2D eigenvalue weighted by Crippen LogP contribution is 2.51. The van der Waals surface area contributed by atoms with Crippen molar-refractivity contribution in [2.24, 2.45) is 0 Å². The summed E-state index contributed by atoms with van der Waals surface area (Å²) in [5.41, 5.74) is 4.29. The van der Waals surface area contributed by atoms with Gasteiger partial charge in [0, 0.05) is 25.5 Å². The number of nitrogens with zero attached hydrogens (tertiary/aromatic N) is 1. The topological polar surface area (TPSA) is 58.4 Å². The van der Waals surface area contributed by atoms with Crippen LogP contribution >= 0.6 is 0 Å². The van der Waals surface area contributed by atoms with Gasteiger partial charge < -0.3 is 16.0 Å². The fourth-order valence-corrected chi connectivity index (χ4v) is 1.95. The lowest BCUT2D eigenvalue weighted by Gasteiger charge is -2.24. The Labute approximate surface area is 114 Å². The van der Waals surface area contributed by atoms with E-state index >= 15 is 0 Å². The molecule has 1 saturated carbocycles. The van der Waals surface area contributed by atoms with Gasteiger partial charge in [0.25, 0.3) is 5.91 Å². The van der Waals surface area contributed by atoms with E-state index in [0.717, 1.165) is 0 Å². The minimum Gasteiger partial charge on any atom is -0.399 e. The summed E-state index contributed by atoms with van der Waals surface area (Å²) in [5, 5.41) is 2.46. The lowest BCUT2D eigenvalue weighted by atomic mass is 10.1. The summed E-state index contributed by atoms with van der Waals surface area (Å²) in [6.45, 7) is 0. The van der Waals surface area contributed by atoms with Crippen LogP contribution in [0.1, 0.15) is 23.2 Å². The molecule has 1 aromatic rings. The zero-order chi connectivity index (χ0) is 15.1. The van der Waals surface area contributed by atoms with Crippen molar-refractivity contribution in [2.45, 2.75) is 24.6 Å². The van der Waals surface area contributed by atoms with E-state index in [4.69, 9.17) is 5.73 Å². The summed E-state index contributed by atoms with van der Waals surface area (Å²) in [5.74, 6) is -0.370. The predicted molar refractivity (Wildman–Crippen MR) is 70.5 cm³/mol. The second-order valence-electron chi connectivity index (χ2n) is 5.21. The quantitative estimate of drug-likeness (QED) is 0.840. The van der Waals surface area contributed by atoms with Crippen molar-refractivity contribution in [3.8, 4) is 0 Å². The molecule has 4 nitrogen and oxygen atoms in total. The molecule has 1 fully saturated rings. The van der Waals surface area contributed by atoms with E-state index in [2.05, 4.69) is 5.32 Å². The van der Waals surface area contributed by atoms with Crippen molar-refractivity contribution < 1.29 is 18.0 Å². The standard InChI is InChI=1S/C13H16F3N3O/c1-19(2)11(20)9-4-3-8(17)7-10(9)18-12(5-6-12)13(14,15)16/h3-4,7,18H,5-6,17H2,1-2H3. The number of hydrogen-bond acceptors (Lipinski definition) is 3. The first kappa shape index (κ1) is 14.5. The number of rotatable bonds is 3. The molecule has 0 aliphatic heterocycles. The molecule has 0 bridgehead atoms. The third-order valence-electron chi connectivity index (χ3n) is 3.35. The van der Waals surface area contributed by atoms with Crippen molar-refractivity contribution in [2.75, 3.05) is 25.1 Å². The Morgan fingerprint density at radius 1 is 1.35 bits per heavy atom. The molecule has 0 atom stereocenters. The highest BCUT2D eigenvalue weighted by molar-refractivity contribution is 6.00. The third kappa shape index (κ3) is 2.52. The van der Waals surface area contributed by atoms with Crippen molar-refractivity contribution >= 4 is 17.3 Å². The lowest BCUT2D eigenvalue weighted by molar-refractivity contribution is -0.151. The molecule has 0 aromatic heterocycles. The number of hydrogen-bond donors (Lipinski definition) is 2. The Bertz CT molecular complexity index is 536. The number of carbonyl (C=O) groups is 1. The summed E-state index contributed by atoms with van der Waals surface area (Å²) >= 11 is 0. The molecule has 1 aromatic carbocycles. The maximum Gasteiger partial charge on any atom is 0.411 e. The molecule has 1 aliphatic carbocycles. The van der Waals surface area contributed by atoms with Crippen LogP contribution in [0.15, 0.2) is 18.2 Å². The Kier molecular flexibility index (Phi) is 3.31. The first-order valence-corrected chi connectivity index (χ1v) is 6.12. The zero-order valence-electron chi connectivity index (χ0n) is 11.2. The van der Waals surface area contributed by atoms with Crippen molar-refractivity contribution in [3.05, 3.63) is 23.8 Å². The largest absolute Gasteiger partial charge is 0.411 e. The molecule has 1 aliphatic rings. The zero-order valence-corrected chi connectivity index (χ0v) is 11.2. The van der Waals surface area contributed by atoms with Crippen LogP contribution in [0.3, 0.4) is 0 Å². The monoisotopic (exact) mass is 287 g/mol. The minimum absolute atomic E-state index is 0.000887. The van der Waals surface area contributed by atoms with Gasteiger partial charge in [0.15, 0.2) is 0 Å². The maximum atomic E-state index is 13.0. The summed E-state index contributed by atoms with van der Waals surface area (Å²) in [6.07, 6.45) is -4.35. The van der Waals surface area contributed by atoms with E-state index in [-0.39, 0.29) is 30.0 Å². The predicted octanol–water partition coefficient (Wildman–Crippen LogP) is 2.48. The number of anilines is 2. The van der Waals surface area contributed by atoms with Crippen LogP contribution in [-0.4, -0.2) is 36.6 Å². The molecule has 0 heterocycles. The van der Waals surface area contributed by atoms with E-state index in [1.165, 1.54) is 23.1 Å². The van der Waals surface area contributed by atoms with Gasteiger partial charge in [0.1, 0.15) is 5.54 Å². The first-order chi connectivity index (χ1) is 9.16. The molecule has 3 N–H and O–H groups in total. The van der Waals surface area contributed by atoms with E-state index in [9.17, 15) is 18.0 Å². The van der Waals surface area contributed by atoms with Gasteiger partial charge in [-0.25, -0.2) is 0 Å². The second-order valence-corrected chi connectivity index (χ2v) is 5.21. The normalized spacial score (nSPS) is 16.6. The lowest BCUT2D eigenvalue weighted by Crippen LogP contribution is -2.39. The molecule has 0 spiro atoms. The molecule has 0 unspecified atom stereocenters. The van der Waals surface area contributed by atoms with Gasteiger partial charge in [0.05, 0.1) is 5.56 Å². The fraction of sp³-hybridized carbons (Fsp3) is 0.462. The second kappa shape index (κ2) is 4.57. The Balaban J connectivity index is 2.36. The highest BCUT2D eigenvalue weighted by atomic mass is 19.4. The minimum atomic E-state index is -4.35. The van der Waals surface area contributed by atoms with Crippen LogP contribution in [0.2, 0.25) is 0 Å². The maximum absolute atomic E-state index is 13.0. The van der Waals surface area contributed by atoms with Crippen molar-refractivity contribution in [1.29, 1.82) is 0 Å². The first-order valence-electron chi connectivity index (χ1n) is 6.12. The Hall–Kier alpha value is -1.92. The summed E-state index contributed by atoms with van der Waals surface area (Å²) in [4.78, 5) is 13.3. The average Bonchev–Trinajstić information content (AvgIpc) is 3.08. The van der Waals surface area contributed by atoms with Gasteiger partial charge in [-0.3, -0.25) is 4.79 Å². The van der Waals surface area contributed by atoms with Crippen LogP contribution in [0.25, 0.3) is 0 Å². The van der Waals surface area contributed by atoms with Gasteiger partial charge in [-0.05, 0) is 31.0 Å². The number of carbonyl (C=O) groups excluding carboxylic acids is 1. The average molecular weight is 287 g/mol. The van der Waals surface area contributed by atoms with Crippen LogP contribution in [0.4, 0.5) is 24.5 Å². The molecule has 1 amide bonds. The van der Waals surface area contributed by atoms with E-state index in [1.54, 1.807) is 14.1 Å². The summed E-state index contributed by atoms with van der Waals surface area (Å²) in [7, 11) is 3.08. The third-order valence-corrected chi connectivity index (χ3v) is 3.35. The van der Waals surface area contributed by atoms with Gasteiger partial charge in [0.2, 0.25) is 0 Å². The number of nitrogens with one attached hydrogen (secondary N) is 1. The molecule has 20 heavy (non-hydrogen) atoms. The summed E-state index contributed by atoms with van der Waals surface area (Å²) < 4.78 is 39.0. The van der Waals surface area contributed by atoms with E-state index in [0.29, 0.717) is 5.69 Å². The molecule has 0 saturated heterocycles. The van der Waals surface area contributed by atoms with E-state index < -0.39 is 11.7 Å². The number of benzene rings is 1. The number of halogens is 3. The SMILES string of the molecule is CN(C)C(=O)c1ccc(N)cc1NC1(C(F)(F)F)CC1. The van der Waals surface area contributed by atoms with Gasteiger partial charge in [-0.1, -0.05) is 0 Å². The Morgan fingerprint density at radius 2 is 1.95 bits per heavy atom. The highest BCUT2D eigenvalue weighted by Gasteiger charge is 2.63. The summed E-state index contributed by atoms with van der Waals surface area (Å²) in [6, 6.07) is 4.30.